The molecule has 0 radical (unpaired) electrons. The lowest BCUT2D eigenvalue weighted by molar-refractivity contribution is 0.616. The van der Waals surface area contributed by atoms with E-state index >= 15 is 0 Å². The normalized spacial score (nSPS) is 11.9. The van der Waals surface area contributed by atoms with Crippen molar-refractivity contribution in [3.8, 4) is 6.07 Å². The summed E-state index contributed by atoms with van der Waals surface area (Å²) in [4.78, 5) is 0. The van der Waals surface area contributed by atoms with Crippen LogP contribution in [0, 0.1) is 11.3 Å². The van der Waals surface area contributed by atoms with Crippen LogP contribution in [-0.2, 0) is 6.42 Å². The van der Waals surface area contributed by atoms with Gasteiger partial charge in [0.1, 0.15) is 6.04 Å². The highest BCUT2D eigenvalue weighted by Crippen LogP contribution is 2.13. The van der Waals surface area contributed by atoms with E-state index in [0.29, 0.717) is 0 Å². The molecule has 2 rings (SSSR count). The van der Waals surface area contributed by atoms with Crippen LogP contribution < -0.4 is 0 Å². The largest absolute Gasteiger partial charge is 0.338 e. The Kier molecular flexibility index (Phi) is 2.85. The predicted molar refractivity (Wildman–Crippen MR) is 59.2 cm³/mol. The molecule has 1 unspecified atom stereocenters. The minimum atomic E-state index is -0.109. The van der Waals surface area contributed by atoms with Crippen LogP contribution in [0.3, 0.4) is 0 Å². The van der Waals surface area contributed by atoms with Crippen molar-refractivity contribution < 1.29 is 0 Å². The Hall–Kier alpha value is -2.01. The molecule has 0 saturated carbocycles. The van der Waals surface area contributed by atoms with Gasteiger partial charge in [0.05, 0.1) is 6.07 Å². The molecule has 2 aromatic rings. The fourth-order valence-electron chi connectivity index (χ4n) is 1.61. The molecule has 0 N–H and O–H groups in total. The highest BCUT2D eigenvalue weighted by molar-refractivity contribution is 5.17. The average Bonchev–Trinajstić information content (AvgIpc) is 2.81. The molecule has 15 heavy (non-hydrogen) atoms. The van der Waals surface area contributed by atoms with E-state index < -0.39 is 0 Å². The molecule has 0 fully saturated rings. The van der Waals surface area contributed by atoms with Gasteiger partial charge in [0.15, 0.2) is 0 Å². The summed E-state index contributed by atoms with van der Waals surface area (Å²) in [6.45, 7) is 0. The molecule has 0 aliphatic heterocycles. The van der Waals surface area contributed by atoms with Gasteiger partial charge >= 0.3 is 0 Å². The van der Waals surface area contributed by atoms with Gasteiger partial charge in [-0.3, -0.25) is 0 Å². The van der Waals surface area contributed by atoms with Crippen LogP contribution in [-0.4, -0.2) is 4.57 Å². The van der Waals surface area contributed by atoms with Crippen molar-refractivity contribution in [3.05, 3.63) is 60.4 Å². The molecule has 74 valence electrons. The van der Waals surface area contributed by atoms with Crippen molar-refractivity contribution >= 4 is 0 Å². The Balaban J connectivity index is 2.14. The van der Waals surface area contributed by atoms with Gasteiger partial charge < -0.3 is 4.57 Å². The van der Waals surface area contributed by atoms with Crippen LogP contribution in [0.15, 0.2) is 54.9 Å². The SMILES string of the molecule is N#CC(Cc1ccccc1)n1cccc1. The Morgan fingerprint density at radius 3 is 2.33 bits per heavy atom. The topological polar surface area (TPSA) is 28.7 Å². The van der Waals surface area contributed by atoms with E-state index in [4.69, 9.17) is 5.26 Å². The molecule has 2 heteroatoms. The number of aromatic nitrogens is 1. The van der Waals surface area contributed by atoms with Crippen molar-refractivity contribution in [2.24, 2.45) is 0 Å². The Bertz CT molecular complexity index is 437. The van der Waals surface area contributed by atoms with Gasteiger partial charge in [0.2, 0.25) is 0 Å². The maximum atomic E-state index is 9.09. The van der Waals surface area contributed by atoms with Gasteiger partial charge in [0.25, 0.3) is 0 Å². The molecule has 2 nitrogen and oxygen atoms in total. The predicted octanol–water partition coefficient (Wildman–Crippen LogP) is 2.80. The number of benzene rings is 1. The summed E-state index contributed by atoms with van der Waals surface area (Å²) in [6.07, 6.45) is 4.61. The summed E-state index contributed by atoms with van der Waals surface area (Å²) >= 11 is 0. The van der Waals surface area contributed by atoms with Crippen LogP contribution in [0.4, 0.5) is 0 Å². The third-order valence-corrected chi connectivity index (χ3v) is 2.41. The fraction of sp³-hybridized carbons (Fsp3) is 0.154. The first-order valence-electron chi connectivity index (χ1n) is 4.96. The highest BCUT2D eigenvalue weighted by Gasteiger charge is 2.08. The molecule has 0 spiro atoms. The lowest BCUT2D eigenvalue weighted by atomic mass is 10.1. The average molecular weight is 196 g/mol. The quantitative estimate of drug-likeness (QED) is 0.742. The van der Waals surface area contributed by atoms with Crippen molar-refractivity contribution in [2.75, 3.05) is 0 Å². The second-order valence-corrected chi connectivity index (χ2v) is 3.46. The first-order chi connectivity index (χ1) is 7.40. The monoisotopic (exact) mass is 196 g/mol. The number of nitriles is 1. The van der Waals surface area contributed by atoms with E-state index in [9.17, 15) is 0 Å². The third-order valence-electron chi connectivity index (χ3n) is 2.41. The summed E-state index contributed by atoms with van der Waals surface area (Å²) in [5.41, 5.74) is 1.19. The van der Waals surface area contributed by atoms with Gasteiger partial charge in [-0.2, -0.15) is 5.26 Å². The van der Waals surface area contributed by atoms with Crippen molar-refractivity contribution in [2.45, 2.75) is 12.5 Å². The molecule has 1 heterocycles. The van der Waals surface area contributed by atoms with E-state index in [0.717, 1.165) is 6.42 Å². The lowest BCUT2D eigenvalue weighted by Gasteiger charge is -2.10. The molecule has 0 saturated heterocycles. The van der Waals surface area contributed by atoms with E-state index in [-0.39, 0.29) is 6.04 Å². The second-order valence-electron chi connectivity index (χ2n) is 3.46. The van der Waals surface area contributed by atoms with Crippen LogP contribution in [0.5, 0.6) is 0 Å². The van der Waals surface area contributed by atoms with Gasteiger partial charge in [0, 0.05) is 18.8 Å². The zero-order chi connectivity index (χ0) is 10.5. The van der Waals surface area contributed by atoms with E-state index in [1.807, 2.05) is 59.4 Å². The maximum Gasteiger partial charge on any atom is 0.124 e. The first-order valence-corrected chi connectivity index (χ1v) is 4.96. The molecular weight excluding hydrogens is 184 g/mol. The molecule has 1 aromatic carbocycles. The zero-order valence-corrected chi connectivity index (χ0v) is 8.38. The van der Waals surface area contributed by atoms with Gasteiger partial charge in [-0.25, -0.2) is 0 Å². The van der Waals surface area contributed by atoms with Crippen molar-refractivity contribution in [1.82, 2.24) is 4.57 Å². The Morgan fingerprint density at radius 2 is 1.73 bits per heavy atom. The number of rotatable bonds is 3. The smallest absolute Gasteiger partial charge is 0.124 e. The maximum absolute atomic E-state index is 9.09. The fourth-order valence-corrected chi connectivity index (χ4v) is 1.61. The van der Waals surface area contributed by atoms with Gasteiger partial charge in [-0.05, 0) is 17.7 Å². The zero-order valence-electron chi connectivity index (χ0n) is 8.38. The molecule has 1 aromatic heterocycles. The summed E-state index contributed by atoms with van der Waals surface area (Å²) < 4.78 is 1.94. The molecule has 0 amide bonds. The standard InChI is InChI=1S/C13H12N2/c14-11-13(15-8-4-5-9-15)10-12-6-2-1-3-7-12/h1-9,13H,10H2. The van der Waals surface area contributed by atoms with E-state index in [1.165, 1.54) is 5.56 Å². The first kappa shape index (κ1) is 9.54. The third kappa shape index (κ3) is 2.26. The van der Waals surface area contributed by atoms with Crippen LogP contribution in [0.2, 0.25) is 0 Å². The van der Waals surface area contributed by atoms with Gasteiger partial charge in [-0.15, -0.1) is 0 Å². The Labute approximate surface area is 89.4 Å². The van der Waals surface area contributed by atoms with Crippen molar-refractivity contribution in [3.63, 3.8) is 0 Å². The molecule has 1 atom stereocenters. The Morgan fingerprint density at radius 1 is 1.07 bits per heavy atom. The van der Waals surface area contributed by atoms with Crippen molar-refractivity contribution in [1.29, 1.82) is 5.26 Å². The lowest BCUT2D eigenvalue weighted by Crippen LogP contribution is -2.07. The number of nitrogens with zero attached hydrogens (tertiary/aromatic N) is 2. The van der Waals surface area contributed by atoms with E-state index in [2.05, 4.69) is 6.07 Å². The summed E-state index contributed by atoms with van der Waals surface area (Å²) in [7, 11) is 0. The van der Waals surface area contributed by atoms with E-state index in [1.54, 1.807) is 0 Å². The minimum Gasteiger partial charge on any atom is -0.338 e. The number of hydrogen-bond acceptors (Lipinski definition) is 1. The van der Waals surface area contributed by atoms with Crippen LogP contribution >= 0.6 is 0 Å². The number of hydrogen-bond donors (Lipinski definition) is 0. The highest BCUT2D eigenvalue weighted by atomic mass is 15.0. The minimum absolute atomic E-state index is 0.109. The molecular formula is C13H12N2. The summed E-state index contributed by atoms with van der Waals surface area (Å²) in [6, 6.07) is 16.2. The molecule has 0 aliphatic rings. The van der Waals surface area contributed by atoms with Crippen LogP contribution in [0.25, 0.3) is 0 Å². The molecule has 0 bridgehead atoms. The second kappa shape index (κ2) is 4.47. The summed E-state index contributed by atoms with van der Waals surface area (Å²) in [5.74, 6) is 0. The van der Waals surface area contributed by atoms with Gasteiger partial charge in [-0.1, -0.05) is 30.3 Å². The van der Waals surface area contributed by atoms with Crippen LogP contribution in [0.1, 0.15) is 11.6 Å². The summed E-state index contributed by atoms with van der Waals surface area (Å²) in [5, 5.41) is 9.09. The molecule has 0 aliphatic carbocycles.